The first-order valence-electron chi connectivity index (χ1n) is 7.47. The van der Waals surface area contributed by atoms with Crippen molar-refractivity contribution in [2.24, 2.45) is 5.92 Å². The van der Waals surface area contributed by atoms with Gasteiger partial charge in [-0.25, -0.2) is 0 Å². The fourth-order valence-electron chi connectivity index (χ4n) is 2.67. The minimum atomic E-state index is -0.409. The van der Waals surface area contributed by atoms with E-state index in [0.717, 1.165) is 24.9 Å². The molecule has 0 aromatic heterocycles. The molecular formula is C16H26Cl2N2O. The van der Waals surface area contributed by atoms with E-state index >= 15 is 0 Å². The van der Waals surface area contributed by atoms with Crippen LogP contribution >= 0.6 is 23.2 Å². The zero-order valence-electron chi connectivity index (χ0n) is 13.0. The molecule has 1 unspecified atom stereocenters. The molecule has 0 amide bonds. The highest BCUT2D eigenvalue weighted by atomic mass is 35.5. The summed E-state index contributed by atoms with van der Waals surface area (Å²) >= 11 is 12.1. The third kappa shape index (κ3) is 5.42. The molecular weight excluding hydrogens is 307 g/mol. The van der Waals surface area contributed by atoms with Gasteiger partial charge in [0, 0.05) is 12.5 Å². The van der Waals surface area contributed by atoms with Gasteiger partial charge < -0.3 is 15.7 Å². The van der Waals surface area contributed by atoms with Gasteiger partial charge in [-0.2, -0.15) is 0 Å². The average Bonchev–Trinajstić information content (AvgIpc) is 2.48. The molecule has 0 aliphatic rings. The minimum Gasteiger partial charge on any atom is -0.392 e. The molecule has 120 valence electrons. The summed E-state index contributed by atoms with van der Waals surface area (Å²) in [7, 11) is 3.83. The molecule has 0 aliphatic carbocycles. The van der Waals surface area contributed by atoms with Crippen LogP contribution in [-0.2, 0) is 0 Å². The summed E-state index contributed by atoms with van der Waals surface area (Å²) in [5, 5.41) is 18.2. The molecule has 0 saturated heterocycles. The van der Waals surface area contributed by atoms with Crippen LogP contribution in [0.3, 0.4) is 0 Å². The molecule has 1 aromatic carbocycles. The topological polar surface area (TPSA) is 44.3 Å². The molecule has 1 rings (SSSR count). The molecule has 0 saturated carbocycles. The highest BCUT2D eigenvalue weighted by Gasteiger charge is 2.27. The molecule has 3 nitrogen and oxygen atoms in total. The van der Waals surface area contributed by atoms with Crippen LogP contribution in [0.4, 0.5) is 0 Å². The van der Waals surface area contributed by atoms with Gasteiger partial charge >= 0.3 is 0 Å². The number of hydrogen-bond acceptors (Lipinski definition) is 3. The van der Waals surface area contributed by atoms with Crippen LogP contribution in [0.25, 0.3) is 0 Å². The van der Waals surface area contributed by atoms with Crippen LogP contribution in [0.1, 0.15) is 31.2 Å². The standard InChI is InChI=1S/C16H26Cl2N2O/c1-4-11(7-8-19-2)16(21)13(10-20-3)12-5-6-14(17)15(18)9-12/h5-6,9,11,13,16,19-21H,4,7-8,10H2,1-3H3/t11?,13-,16-/m1/s1. The highest BCUT2D eigenvalue weighted by molar-refractivity contribution is 6.42. The van der Waals surface area contributed by atoms with Crippen molar-refractivity contribution in [3.63, 3.8) is 0 Å². The van der Waals surface area contributed by atoms with Crippen LogP contribution in [0.5, 0.6) is 0 Å². The van der Waals surface area contributed by atoms with Crippen molar-refractivity contribution in [2.75, 3.05) is 27.2 Å². The third-order valence-corrected chi connectivity index (χ3v) is 4.72. The molecule has 0 aliphatic heterocycles. The van der Waals surface area contributed by atoms with Crippen LogP contribution in [-0.4, -0.2) is 38.4 Å². The van der Waals surface area contributed by atoms with Crippen LogP contribution in [0.15, 0.2) is 18.2 Å². The number of benzene rings is 1. The van der Waals surface area contributed by atoms with Gasteiger partial charge in [0.15, 0.2) is 0 Å². The van der Waals surface area contributed by atoms with Crippen molar-refractivity contribution in [3.05, 3.63) is 33.8 Å². The first kappa shape index (κ1) is 18.7. The maximum Gasteiger partial charge on any atom is 0.0649 e. The SMILES string of the molecule is CCC(CCNC)[C@@H](O)[C@H](CNC)c1ccc(Cl)c(Cl)c1. The minimum absolute atomic E-state index is 0.00609. The van der Waals surface area contributed by atoms with E-state index in [1.54, 1.807) is 6.07 Å². The van der Waals surface area contributed by atoms with E-state index < -0.39 is 6.10 Å². The molecule has 21 heavy (non-hydrogen) atoms. The average molecular weight is 333 g/mol. The lowest BCUT2D eigenvalue weighted by Crippen LogP contribution is -2.34. The van der Waals surface area contributed by atoms with E-state index in [4.69, 9.17) is 23.2 Å². The van der Waals surface area contributed by atoms with Crippen molar-refractivity contribution in [1.29, 1.82) is 0 Å². The molecule has 0 fully saturated rings. The normalized spacial score (nSPS) is 15.7. The first-order valence-corrected chi connectivity index (χ1v) is 8.22. The molecule has 0 heterocycles. The van der Waals surface area contributed by atoms with Gasteiger partial charge in [0.05, 0.1) is 16.1 Å². The molecule has 3 N–H and O–H groups in total. The van der Waals surface area contributed by atoms with Gasteiger partial charge in [-0.3, -0.25) is 0 Å². The molecule has 0 bridgehead atoms. The van der Waals surface area contributed by atoms with Crippen molar-refractivity contribution in [3.8, 4) is 0 Å². The number of hydrogen-bond donors (Lipinski definition) is 3. The Kier molecular flexibility index (Phi) is 8.60. The Morgan fingerprint density at radius 1 is 1.14 bits per heavy atom. The van der Waals surface area contributed by atoms with Crippen molar-refractivity contribution < 1.29 is 5.11 Å². The largest absolute Gasteiger partial charge is 0.392 e. The zero-order valence-corrected chi connectivity index (χ0v) is 14.5. The van der Waals surface area contributed by atoms with Gasteiger partial charge in [0.2, 0.25) is 0 Å². The third-order valence-electron chi connectivity index (χ3n) is 3.98. The second-order valence-electron chi connectivity index (χ2n) is 5.39. The summed E-state index contributed by atoms with van der Waals surface area (Å²) in [4.78, 5) is 0. The summed E-state index contributed by atoms with van der Waals surface area (Å²) in [6.45, 7) is 3.73. The highest BCUT2D eigenvalue weighted by Crippen LogP contribution is 2.31. The Morgan fingerprint density at radius 2 is 1.86 bits per heavy atom. The molecule has 3 atom stereocenters. The predicted molar refractivity (Wildman–Crippen MR) is 91.5 cm³/mol. The molecule has 5 heteroatoms. The predicted octanol–water partition coefficient (Wildman–Crippen LogP) is 3.29. The van der Waals surface area contributed by atoms with E-state index in [9.17, 15) is 5.11 Å². The van der Waals surface area contributed by atoms with E-state index in [0.29, 0.717) is 16.6 Å². The van der Waals surface area contributed by atoms with E-state index in [2.05, 4.69) is 17.6 Å². The van der Waals surface area contributed by atoms with Crippen LogP contribution in [0, 0.1) is 5.92 Å². The summed E-state index contributed by atoms with van der Waals surface area (Å²) in [6.07, 6.45) is 1.49. The van der Waals surface area contributed by atoms with E-state index in [-0.39, 0.29) is 11.8 Å². The molecule has 1 aromatic rings. The zero-order chi connectivity index (χ0) is 15.8. The van der Waals surface area contributed by atoms with Gasteiger partial charge in [0.1, 0.15) is 0 Å². The molecule has 0 radical (unpaired) electrons. The second kappa shape index (κ2) is 9.65. The number of aliphatic hydroxyl groups is 1. The van der Waals surface area contributed by atoms with Crippen molar-refractivity contribution in [2.45, 2.75) is 31.8 Å². The quantitative estimate of drug-likeness (QED) is 0.650. The van der Waals surface area contributed by atoms with Crippen LogP contribution in [0.2, 0.25) is 10.0 Å². The fourth-order valence-corrected chi connectivity index (χ4v) is 2.98. The van der Waals surface area contributed by atoms with Gasteiger partial charge in [-0.05, 0) is 50.7 Å². The Labute approximate surface area is 138 Å². The summed E-state index contributed by atoms with van der Waals surface area (Å²) in [5.41, 5.74) is 1.02. The number of likely N-dealkylation sites (N-methyl/N-ethyl adjacent to an activating group) is 1. The lowest BCUT2D eigenvalue weighted by molar-refractivity contribution is 0.0736. The maximum absolute atomic E-state index is 10.8. The lowest BCUT2D eigenvalue weighted by atomic mass is 9.82. The second-order valence-corrected chi connectivity index (χ2v) is 6.20. The monoisotopic (exact) mass is 332 g/mol. The van der Waals surface area contributed by atoms with E-state index in [1.807, 2.05) is 26.2 Å². The first-order chi connectivity index (χ1) is 10.0. The summed E-state index contributed by atoms with van der Waals surface area (Å²) in [5.74, 6) is 0.261. The number of nitrogens with one attached hydrogen (secondary N) is 2. The van der Waals surface area contributed by atoms with Crippen molar-refractivity contribution in [1.82, 2.24) is 10.6 Å². The van der Waals surface area contributed by atoms with Crippen molar-refractivity contribution >= 4 is 23.2 Å². The Hall–Kier alpha value is -0.320. The van der Waals surface area contributed by atoms with Gasteiger partial charge in [-0.15, -0.1) is 0 Å². The maximum atomic E-state index is 10.8. The number of aliphatic hydroxyl groups excluding tert-OH is 1. The number of halogens is 2. The Balaban J connectivity index is 2.94. The molecule has 0 spiro atoms. The van der Waals surface area contributed by atoms with Gasteiger partial charge in [0.25, 0.3) is 0 Å². The Bertz CT molecular complexity index is 429. The van der Waals surface area contributed by atoms with E-state index in [1.165, 1.54) is 0 Å². The fraction of sp³-hybridized carbons (Fsp3) is 0.625. The smallest absolute Gasteiger partial charge is 0.0649 e. The lowest BCUT2D eigenvalue weighted by Gasteiger charge is -2.30. The van der Waals surface area contributed by atoms with Crippen LogP contribution < -0.4 is 10.6 Å². The van der Waals surface area contributed by atoms with Gasteiger partial charge in [-0.1, -0.05) is 42.6 Å². The number of rotatable bonds is 9. The summed E-state index contributed by atoms with van der Waals surface area (Å²) in [6, 6.07) is 5.60. The summed E-state index contributed by atoms with van der Waals surface area (Å²) < 4.78 is 0. The Morgan fingerprint density at radius 3 is 2.38 bits per heavy atom.